The largest absolute Gasteiger partial charge is 0.361 e. The van der Waals surface area contributed by atoms with Crippen molar-refractivity contribution in [1.82, 2.24) is 19.9 Å². The van der Waals surface area contributed by atoms with Gasteiger partial charge in [0.05, 0.1) is 6.20 Å². The first-order valence-corrected chi connectivity index (χ1v) is 6.70. The van der Waals surface area contributed by atoms with Crippen LogP contribution in [0.1, 0.15) is 21.9 Å². The van der Waals surface area contributed by atoms with Gasteiger partial charge in [0.25, 0.3) is 5.91 Å². The molecular formula is C16H16N4O. The van der Waals surface area contributed by atoms with Gasteiger partial charge in [0.2, 0.25) is 0 Å². The number of aryl methyl sites for hydroxylation is 1. The number of H-pyrrole nitrogens is 1. The van der Waals surface area contributed by atoms with Gasteiger partial charge in [-0.1, -0.05) is 18.7 Å². The van der Waals surface area contributed by atoms with E-state index in [1.54, 1.807) is 17.0 Å². The van der Waals surface area contributed by atoms with Crippen molar-refractivity contribution in [3.63, 3.8) is 0 Å². The number of rotatable bonds is 4. The van der Waals surface area contributed by atoms with Crippen LogP contribution in [0.2, 0.25) is 0 Å². The van der Waals surface area contributed by atoms with Crippen molar-refractivity contribution in [2.75, 3.05) is 0 Å². The average Bonchev–Trinajstić information content (AvgIpc) is 3.10. The summed E-state index contributed by atoms with van der Waals surface area (Å²) in [5.41, 5.74) is 2.63. The molecule has 0 aliphatic rings. The molecule has 21 heavy (non-hydrogen) atoms. The third-order valence-corrected chi connectivity index (χ3v) is 3.52. The Bertz CT molecular complexity index is 813. The first kappa shape index (κ1) is 13.2. The molecule has 2 N–H and O–H groups in total. The second-order valence-corrected chi connectivity index (χ2v) is 4.78. The summed E-state index contributed by atoms with van der Waals surface area (Å²) in [5.74, 6) is 0.575. The summed E-state index contributed by atoms with van der Waals surface area (Å²) >= 11 is 0. The Morgan fingerprint density at radius 3 is 3.14 bits per heavy atom. The first-order chi connectivity index (χ1) is 10.2. The van der Waals surface area contributed by atoms with E-state index in [9.17, 15) is 4.79 Å². The molecule has 0 bridgehead atoms. The highest BCUT2D eigenvalue weighted by Crippen LogP contribution is 2.17. The van der Waals surface area contributed by atoms with Crippen molar-refractivity contribution in [3.05, 3.63) is 60.3 Å². The Kier molecular flexibility index (Phi) is 3.31. The summed E-state index contributed by atoms with van der Waals surface area (Å²) in [6.07, 6.45) is 5.04. The summed E-state index contributed by atoms with van der Waals surface area (Å²) in [6.45, 7) is 6.00. The third kappa shape index (κ3) is 2.33. The number of aromatic amines is 1. The molecule has 1 aromatic carbocycles. The summed E-state index contributed by atoms with van der Waals surface area (Å²) in [6, 6.07) is 8.00. The SMILES string of the molecule is C=Cn1c(C(=O)NCc2cccc3[nH]ccc23)cnc1C. The lowest BCUT2D eigenvalue weighted by Gasteiger charge is -2.07. The number of hydrogen-bond acceptors (Lipinski definition) is 2. The minimum Gasteiger partial charge on any atom is -0.361 e. The van der Waals surface area contributed by atoms with Gasteiger partial charge in [-0.05, 0) is 24.6 Å². The average molecular weight is 280 g/mol. The molecule has 0 fully saturated rings. The quantitative estimate of drug-likeness (QED) is 0.772. The van der Waals surface area contributed by atoms with Crippen LogP contribution >= 0.6 is 0 Å². The smallest absolute Gasteiger partial charge is 0.270 e. The molecule has 106 valence electrons. The van der Waals surface area contributed by atoms with Gasteiger partial charge in [-0.15, -0.1) is 0 Å². The molecule has 5 nitrogen and oxygen atoms in total. The zero-order valence-electron chi connectivity index (χ0n) is 11.8. The predicted molar refractivity (Wildman–Crippen MR) is 82.8 cm³/mol. The topological polar surface area (TPSA) is 62.7 Å². The molecule has 3 aromatic rings. The van der Waals surface area contributed by atoms with Gasteiger partial charge in [-0.25, -0.2) is 4.98 Å². The summed E-state index contributed by atoms with van der Waals surface area (Å²) in [4.78, 5) is 19.5. The highest BCUT2D eigenvalue weighted by atomic mass is 16.1. The molecule has 0 radical (unpaired) electrons. The predicted octanol–water partition coefficient (Wildman–Crippen LogP) is 2.70. The number of benzene rings is 1. The number of nitrogens with one attached hydrogen (secondary N) is 2. The molecule has 0 unspecified atom stereocenters. The fourth-order valence-electron chi connectivity index (χ4n) is 2.42. The maximum atomic E-state index is 12.3. The lowest BCUT2D eigenvalue weighted by Crippen LogP contribution is -2.24. The molecular weight excluding hydrogens is 264 g/mol. The highest BCUT2D eigenvalue weighted by Gasteiger charge is 2.13. The van der Waals surface area contributed by atoms with Crippen LogP contribution in [0.15, 0.2) is 43.2 Å². The minimum absolute atomic E-state index is 0.164. The number of carbonyl (C=O) groups is 1. The van der Waals surface area contributed by atoms with E-state index in [0.717, 1.165) is 22.3 Å². The van der Waals surface area contributed by atoms with Crippen molar-refractivity contribution in [3.8, 4) is 0 Å². The molecule has 2 aromatic heterocycles. The van der Waals surface area contributed by atoms with Crippen LogP contribution in [0.25, 0.3) is 17.1 Å². The second kappa shape index (κ2) is 5.28. The van der Waals surface area contributed by atoms with Crippen molar-refractivity contribution < 1.29 is 4.79 Å². The van der Waals surface area contributed by atoms with Crippen molar-refractivity contribution in [2.24, 2.45) is 0 Å². The molecule has 5 heteroatoms. The van der Waals surface area contributed by atoms with Gasteiger partial charge in [-0.3, -0.25) is 9.36 Å². The monoisotopic (exact) mass is 280 g/mol. The van der Waals surface area contributed by atoms with Gasteiger partial charge in [0.15, 0.2) is 0 Å². The van der Waals surface area contributed by atoms with E-state index >= 15 is 0 Å². The number of nitrogens with zero attached hydrogens (tertiary/aromatic N) is 2. The lowest BCUT2D eigenvalue weighted by molar-refractivity contribution is 0.0944. The van der Waals surface area contributed by atoms with Crippen LogP contribution in [0.5, 0.6) is 0 Å². The number of amides is 1. The zero-order chi connectivity index (χ0) is 14.8. The summed E-state index contributed by atoms with van der Waals surface area (Å²) in [5, 5.41) is 4.04. The zero-order valence-corrected chi connectivity index (χ0v) is 11.8. The van der Waals surface area contributed by atoms with Gasteiger partial charge < -0.3 is 10.3 Å². The second-order valence-electron chi connectivity index (χ2n) is 4.78. The van der Waals surface area contributed by atoms with Gasteiger partial charge >= 0.3 is 0 Å². The highest BCUT2D eigenvalue weighted by molar-refractivity contribution is 5.93. The summed E-state index contributed by atoms with van der Waals surface area (Å²) in [7, 11) is 0. The van der Waals surface area contributed by atoms with Crippen LogP contribution in [0.4, 0.5) is 0 Å². The van der Waals surface area contributed by atoms with E-state index in [0.29, 0.717) is 12.2 Å². The fourth-order valence-corrected chi connectivity index (χ4v) is 2.42. The van der Waals surface area contributed by atoms with E-state index < -0.39 is 0 Å². The number of hydrogen-bond donors (Lipinski definition) is 2. The van der Waals surface area contributed by atoms with Gasteiger partial charge in [-0.2, -0.15) is 0 Å². The minimum atomic E-state index is -0.164. The Morgan fingerprint density at radius 1 is 1.48 bits per heavy atom. The fraction of sp³-hybridized carbons (Fsp3) is 0.125. The van der Waals surface area contributed by atoms with Crippen molar-refractivity contribution in [2.45, 2.75) is 13.5 Å². The van der Waals surface area contributed by atoms with Gasteiger partial charge in [0.1, 0.15) is 11.5 Å². The van der Waals surface area contributed by atoms with Crippen molar-refractivity contribution in [1.29, 1.82) is 0 Å². The maximum Gasteiger partial charge on any atom is 0.270 e. The summed E-state index contributed by atoms with van der Waals surface area (Å²) < 4.78 is 1.67. The van der Waals surface area contributed by atoms with Crippen LogP contribution < -0.4 is 5.32 Å². The standard InChI is InChI=1S/C16H16N4O/c1-3-20-11(2)18-10-15(20)16(21)19-9-12-5-4-6-14-13(12)7-8-17-14/h3-8,10,17H,1,9H2,2H3,(H,19,21). The van der Waals surface area contributed by atoms with Gasteiger partial charge in [0, 0.05) is 29.8 Å². The molecule has 3 rings (SSSR count). The van der Waals surface area contributed by atoms with E-state index in [4.69, 9.17) is 0 Å². The first-order valence-electron chi connectivity index (χ1n) is 6.70. The molecule has 0 saturated carbocycles. The van der Waals surface area contributed by atoms with E-state index in [1.807, 2.05) is 37.4 Å². The normalized spacial score (nSPS) is 10.7. The van der Waals surface area contributed by atoms with E-state index in [-0.39, 0.29) is 5.91 Å². The third-order valence-electron chi connectivity index (χ3n) is 3.52. The lowest BCUT2D eigenvalue weighted by atomic mass is 10.1. The molecule has 2 heterocycles. The number of imidazole rings is 1. The Balaban J connectivity index is 1.80. The van der Waals surface area contributed by atoms with Crippen LogP contribution in [0, 0.1) is 6.92 Å². The molecule has 0 spiro atoms. The molecule has 0 aliphatic heterocycles. The number of carbonyl (C=O) groups excluding carboxylic acids is 1. The molecule has 0 saturated heterocycles. The molecule has 1 amide bonds. The van der Waals surface area contributed by atoms with Crippen LogP contribution in [-0.4, -0.2) is 20.4 Å². The van der Waals surface area contributed by atoms with E-state index in [2.05, 4.69) is 21.9 Å². The number of fused-ring (bicyclic) bond motifs is 1. The Hall–Kier alpha value is -2.82. The molecule has 0 atom stereocenters. The maximum absolute atomic E-state index is 12.3. The Labute approximate surface area is 122 Å². The number of aromatic nitrogens is 3. The van der Waals surface area contributed by atoms with Crippen LogP contribution in [-0.2, 0) is 6.54 Å². The van der Waals surface area contributed by atoms with E-state index in [1.165, 1.54) is 0 Å². The Morgan fingerprint density at radius 2 is 2.33 bits per heavy atom. The molecule has 0 aliphatic carbocycles. The van der Waals surface area contributed by atoms with Crippen molar-refractivity contribution >= 4 is 23.0 Å². The van der Waals surface area contributed by atoms with Crippen LogP contribution in [0.3, 0.4) is 0 Å².